The van der Waals surface area contributed by atoms with E-state index in [0.29, 0.717) is 0 Å². The van der Waals surface area contributed by atoms with Gasteiger partial charge in [0, 0.05) is 12.0 Å². The summed E-state index contributed by atoms with van der Waals surface area (Å²) in [6.45, 7) is 7.34. The molecule has 98 valence electrons. The molecule has 0 bridgehead atoms. The van der Waals surface area contributed by atoms with Crippen molar-refractivity contribution in [2.24, 2.45) is 5.41 Å². The zero-order valence-electron chi connectivity index (χ0n) is 11.3. The molecular weight excluding hydrogens is 242 g/mol. The van der Waals surface area contributed by atoms with Gasteiger partial charge in [0.05, 0.1) is 17.1 Å². The van der Waals surface area contributed by atoms with Crippen molar-refractivity contribution in [2.75, 3.05) is 6.54 Å². The molecule has 3 heteroatoms. The summed E-state index contributed by atoms with van der Waals surface area (Å²) in [5.41, 5.74) is 0.966. The standard InChI is InChI=1S/C15H21NOS/c1-15(2,3)14(18)16-10-9-12(16)13(17)11-7-5-4-6-8-11/h4-8,12-13,17H,9-10H2,1-3H3/t12-,13?/m1/s1. The van der Waals surface area contributed by atoms with Crippen molar-refractivity contribution in [3.05, 3.63) is 35.9 Å². The number of aliphatic hydroxyl groups is 1. The molecule has 1 aliphatic rings. The fraction of sp³-hybridized carbons (Fsp3) is 0.533. The Morgan fingerprint density at radius 3 is 2.39 bits per heavy atom. The highest BCUT2D eigenvalue weighted by Crippen LogP contribution is 2.34. The van der Waals surface area contributed by atoms with Crippen molar-refractivity contribution in [3.8, 4) is 0 Å². The third kappa shape index (κ3) is 2.57. The first-order valence-electron chi connectivity index (χ1n) is 6.45. The van der Waals surface area contributed by atoms with Gasteiger partial charge in [0.15, 0.2) is 0 Å². The summed E-state index contributed by atoms with van der Waals surface area (Å²) < 4.78 is 0. The molecule has 1 saturated heterocycles. The van der Waals surface area contributed by atoms with E-state index >= 15 is 0 Å². The number of hydrogen-bond acceptors (Lipinski definition) is 2. The Morgan fingerprint density at radius 1 is 1.33 bits per heavy atom. The van der Waals surface area contributed by atoms with Crippen LogP contribution in [0.4, 0.5) is 0 Å². The lowest BCUT2D eigenvalue weighted by Crippen LogP contribution is -2.56. The van der Waals surface area contributed by atoms with Crippen molar-refractivity contribution >= 4 is 17.2 Å². The van der Waals surface area contributed by atoms with Crippen LogP contribution in [0.25, 0.3) is 0 Å². The van der Waals surface area contributed by atoms with Crippen LogP contribution in [0.1, 0.15) is 38.9 Å². The molecule has 0 amide bonds. The largest absolute Gasteiger partial charge is 0.386 e. The van der Waals surface area contributed by atoms with Crippen LogP contribution in [0.2, 0.25) is 0 Å². The van der Waals surface area contributed by atoms with Crippen LogP contribution in [0.5, 0.6) is 0 Å². The SMILES string of the molecule is CC(C)(C)C(=S)N1CC[C@@H]1C(O)c1ccccc1. The van der Waals surface area contributed by atoms with E-state index in [9.17, 15) is 5.11 Å². The second kappa shape index (κ2) is 4.98. The van der Waals surface area contributed by atoms with E-state index in [2.05, 4.69) is 25.7 Å². The van der Waals surface area contributed by atoms with E-state index in [4.69, 9.17) is 12.2 Å². The number of rotatable bonds is 2. The Kier molecular flexibility index (Phi) is 3.74. The zero-order chi connectivity index (χ0) is 13.3. The van der Waals surface area contributed by atoms with Crippen LogP contribution in [0.15, 0.2) is 30.3 Å². The number of aliphatic hydroxyl groups excluding tert-OH is 1. The van der Waals surface area contributed by atoms with Crippen LogP contribution in [-0.2, 0) is 0 Å². The summed E-state index contributed by atoms with van der Waals surface area (Å²) in [6.07, 6.45) is 0.562. The first-order chi connectivity index (χ1) is 8.41. The average molecular weight is 263 g/mol. The Morgan fingerprint density at radius 2 is 1.94 bits per heavy atom. The number of hydrogen-bond donors (Lipinski definition) is 1. The highest BCUT2D eigenvalue weighted by molar-refractivity contribution is 7.80. The van der Waals surface area contributed by atoms with Gasteiger partial charge in [-0.15, -0.1) is 0 Å². The monoisotopic (exact) mass is 263 g/mol. The summed E-state index contributed by atoms with van der Waals surface area (Å²) in [7, 11) is 0. The van der Waals surface area contributed by atoms with Gasteiger partial charge in [-0.2, -0.15) is 0 Å². The fourth-order valence-corrected chi connectivity index (χ4v) is 2.52. The molecule has 0 aliphatic carbocycles. The lowest BCUT2D eigenvalue weighted by Gasteiger charge is -2.48. The Bertz CT molecular complexity index is 424. The molecule has 1 heterocycles. The molecule has 2 rings (SSSR count). The molecule has 1 aromatic rings. The van der Waals surface area contributed by atoms with Gasteiger partial charge in [-0.05, 0) is 12.0 Å². The van der Waals surface area contributed by atoms with Crippen molar-refractivity contribution in [3.63, 3.8) is 0 Å². The minimum absolute atomic E-state index is 0.00951. The minimum atomic E-state index is -0.444. The highest BCUT2D eigenvalue weighted by Gasteiger charge is 2.39. The molecule has 2 atom stereocenters. The Hall–Kier alpha value is -0.930. The molecule has 1 unspecified atom stereocenters. The maximum Gasteiger partial charge on any atom is 0.0993 e. The maximum atomic E-state index is 10.4. The van der Waals surface area contributed by atoms with E-state index in [0.717, 1.165) is 23.5 Å². The molecule has 1 fully saturated rings. The summed E-state index contributed by atoms with van der Waals surface area (Å²) in [4.78, 5) is 3.13. The van der Waals surface area contributed by atoms with E-state index < -0.39 is 6.10 Å². The van der Waals surface area contributed by atoms with E-state index in [1.54, 1.807) is 0 Å². The molecule has 0 saturated carbocycles. The van der Waals surface area contributed by atoms with Gasteiger partial charge < -0.3 is 10.0 Å². The summed E-state index contributed by atoms with van der Waals surface area (Å²) in [5.74, 6) is 0. The quantitative estimate of drug-likeness (QED) is 0.829. The van der Waals surface area contributed by atoms with Gasteiger partial charge in [-0.3, -0.25) is 0 Å². The summed E-state index contributed by atoms with van der Waals surface area (Å²) in [5, 5.41) is 10.4. The van der Waals surface area contributed by atoms with Gasteiger partial charge >= 0.3 is 0 Å². The molecule has 1 aliphatic heterocycles. The topological polar surface area (TPSA) is 23.5 Å². The van der Waals surface area contributed by atoms with Crippen LogP contribution >= 0.6 is 12.2 Å². The first-order valence-corrected chi connectivity index (χ1v) is 6.86. The van der Waals surface area contributed by atoms with E-state index in [1.165, 1.54) is 0 Å². The average Bonchev–Trinajstić information content (AvgIpc) is 2.27. The molecule has 0 radical (unpaired) electrons. The molecule has 1 N–H and O–H groups in total. The lowest BCUT2D eigenvalue weighted by molar-refractivity contribution is 0.0261. The fourth-order valence-electron chi connectivity index (χ4n) is 2.29. The number of likely N-dealkylation sites (tertiary alicyclic amines) is 1. The summed E-state index contributed by atoms with van der Waals surface area (Å²) in [6, 6.07) is 9.98. The minimum Gasteiger partial charge on any atom is -0.386 e. The smallest absolute Gasteiger partial charge is 0.0993 e. The van der Waals surface area contributed by atoms with E-state index in [-0.39, 0.29) is 11.5 Å². The zero-order valence-corrected chi connectivity index (χ0v) is 12.1. The highest BCUT2D eigenvalue weighted by atomic mass is 32.1. The van der Waals surface area contributed by atoms with Crippen LogP contribution in [-0.4, -0.2) is 27.6 Å². The Labute approximate surface area is 115 Å². The number of nitrogens with zero attached hydrogens (tertiary/aromatic N) is 1. The number of thiocarbonyl (C=S) groups is 1. The lowest BCUT2D eigenvalue weighted by atomic mass is 9.87. The first kappa shape index (κ1) is 13.5. The van der Waals surface area contributed by atoms with Gasteiger partial charge in [-0.25, -0.2) is 0 Å². The van der Waals surface area contributed by atoms with Crippen molar-refractivity contribution in [1.82, 2.24) is 4.90 Å². The van der Waals surface area contributed by atoms with Gasteiger partial charge in [0.2, 0.25) is 0 Å². The number of benzene rings is 1. The molecule has 0 aromatic heterocycles. The molecule has 0 spiro atoms. The van der Waals surface area contributed by atoms with Crippen molar-refractivity contribution in [2.45, 2.75) is 39.3 Å². The second-order valence-electron chi connectivity index (χ2n) is 5.96. The van der Waals surface area contributed by atoms with Crippen LogP contribution in [0.3, 0.4) is 0 Å². The third-order valence-electron chi connectivity index (χ3n) is 3.47. The predicted molar refractivity (Wildman–Crippen MR) is 78.6 cm³/mol. The predicted octanol–water partition coefficient (Wildman–Crippen LogP) is 3.17. The van der Waals surface area contributed by atoms with Gasteiger partial charge in [-0.1, -0.05) is 63.3 Å². The molecular formula is C15H21NOS. The Balaban J connectivity index is 2.09. The third-order valence-corrected chi connectivity index (χ3v) is 4.32. The van der Waals surface area contributed by atoms with Crippen molar-refractivity contribution < 1.29 is 5.11 Å². The van der Waals surface area contributed by atoms with Gasteiger partial charge in [0.25, 0.3) is 0 Å². The maximum absolute atomic E-state index is 10.4. The molecule has 2 nitrogen and oxygen atoms in total. The van der Waals surface area contributed by atoms with Gasteiger partial charge in [0.1, 0.15) is 0 Å². The van der Waals surface area contributed by atoms with Crippen LogP contribution in [0, 0.1) is 5.41 Å². The van der Waals surface area contributed by atoms with Crippen LogP contribution < -0.4 is 0 Å². The van der Waals surface area contributed by atoms with Crippen molar-refractivity contribution in [1.29, 1.82) is 0 Å². The molecule has 1 aromatic carbocycles. The summed E-state index contributed by atoms with van der Waals surface area (Å²) >= 11 is 5.53. The second-order valence-corrected chi connectivity index (χ2v) is 6.35. The normalized spacial score (nSPS) is 21.3. The molecule has 18 heavy (non-hydrogen) atoms. The van der Waals surface area contributed by atoms with E-state index in [1.807, 2.05) is 30.3 Å².